The van der Waals surface area contributed by atoms with Gasteiger partial charge in [0.2, 0.25) is 0 Å². The Hall–Kier alpha value is -3.63. The van der Waals surface area contributed by atoms with E-state index in [1.165, 1.54) is 55.7 Å². The van der Waals surface area contributed by atoms with Gasteiger partial charge in [-0.15, -0.1) is 0 Å². The highest BCUT2D eigenvalue weighted by Crippen LogP contribution is 2.39. The van der Waals surface area contributed by atoms with E-state index in [0.29, 0.717) is 17.3 Å². The monoisotopic (exact) mass is 499 g/mol. The van der Waals surface area contributed by atoms with Crippen molar-refractivity contribution in [1.82, 2.24) is 4.90 Å². The molecule has 0 radical (unpaired) electrons. The maximum Gasteiger partial charge on any atom is 0.339 e. The van der Waals surface area contributed by atoms with Crippen LogP contribution in [0.4, 0.5) is 9.18 Å². The lowest BCUT2D eigenvalue weighted by atomic mass is 10.1. The average Bonchev–Trinajstić information content (AvgIpc) is 3.09. The van der Waals surface area contributed by atoms with Crippen LogP contribution in [0.2, 0.25) is 0 Å². The molecule has 3 aromatic rings. The SMILES string of the molecule is COc1cccc(/C=C2\SC(=O)N(Cc3ccc(F)cc3)C2=O)c1OS(=O)(=O)c1ccccc1. The predicted octanol–water partition coefficient (Wildman–Crippen LogP) is 4.84. The molecule has 7 nitrogen and oxygen atoms in total. The Morgan fingerprint density at radius 3 is 2.35 bits per heavy atom. The second kappa shape index (κ2) is 9.70. The van der Waals surface area contributed by atoms with Gasteiger partial charge in [0.25, 0.3) is 11.1 Å². The van der Waals surface area contributed by atoms with Crippen LogP contribution in [0.3, 0.4) is 0 Å². The van der Waals surface area contributed by atoms with Gasteiger partial charge >= 0.3 is 10.1 Å². The highest BCUT2D eigenvalue weighted by Gasteiger charge is 2.35. The first-order chi connectivity index (χ1) is 16.3. The second-order valence-corrected chi connectivity index (χ2v) is 9.66. The third kappa shape index (κ3) is 4.97. The minimum atomic E-state index is -4.19. The average molecular weight is 500 g/mol. The summed E-state index contributed by atoms with van der Waals surface area (Å²) in [5.41, 5.74) is 0.829. The summed E-state index contributed by atoms with van der Waals surface area (Å²) in [6, 6.07) is 17.7. The fourth-order valence-corrected chi connectivity index (χ4v) is 5.00. The number of thioether (sulfide) groups is 1. The molecule has 4 rings (SSSR count). The molecule has 0 aromatic heterocycles. The van der Waals surface area contributed by atoms with Crippen molar-refractivity contribution in [3.05, 3.63) is 94.6 Å². The normalized spacial score (nSPS) is 15.1. The van der Waals surface area contributed by atoms with Crippen LogP contribution in [-0.2, 0) is 21.5 Å². The molecule has 174 valence electrons. The molecule has 1 aliphatic heterocycles. The lowest BCUT2D eigenvalue weighted by Crippen LogP contribution is -2.27. The maximum absolute atomic E-state index is 13.2. The van der Waals surface area contributed by atoms with Gasteiger partial charge in [-0.3, -0.25) is 14.5 Å². The Balaban J connectivity index is 1.66. The van der Waals surface area contributed by atoms with Gasteiger partial charge in [-0.25, -0.2) is 4.39 Å². The van der Waals surface area contributed by atoms with E-state index in [4.69, 9.17) is 8.92 Å². The van der Waals surface area contributed by atoms with Gasteiger partial charge in [0.15, 0.2) is 11.5 Å². The van der Waals surface area contributed by atoms with Crippen molar-refractivity contribution in [1.29, 1.82) is 0 Å². The molecule has 1 saturated heterocycles. The number of carbonyl (C=O) groups is 2. The molecule has 1 heterocycles. The van der Waals surface area contributed by atoms with E-state index >= 15 is 0 Å². The summed E-state index contributed by atoms with van der Waals surface area (Å²) in [5.74, 6) is -0.953. The second-order valence-electron chi connectivity index (χ2n) is 7.12. The molecule has 0 spiro atoms. The number of rotatable bonds is 7. The van der Waals surface area contributed by atoms with Gasteiger partial charge in [-0.2, -0.15) is 8.42 Å². The minimum absolute atomic E-state index is 0.0217. The lowest BCUT2D eigenvalue weighted by molar-refractivity contribution is -0.123. The molecule has 0 saturated carbocycles. The van der Waals surface area contributed by atoms with Crippen LogP contribution in [0.5, 0.6) is 11.5 Å². The fraction of sp³-hybridized carbons (Fsp3) is 0.0833. The van der Waals surface area contributed by atoms with E-state index < -0.39 is 27.1 Å². The minimum Gasteiger partial charge on any atom is -0.493 e. The zero-order valence-corrected chi connectivity index (χ0v) is 19.4. The van der Waals surface area contributed by atoms with E-state index in [1.54, 1.807) is 30.3 Å². The van der Waals surface area contributed by atoms with E-state index in [9.17, 15) is 22.4 Å². The fourth-order valence-electron chi connectivity index (χ4n) is 3.19. The number of para-hydroxylation sites is 1. The van der Waals surface area contributed by atoms with E-state index in [-0.39, 0.29) is 33.4 Å². The van der Waals surface area contributed by atoms with Crippen LogP contribution in [0.1, 0.15) is 11.1 Å². The molecule has 0 unspecified atom stereocenters. The number of nitrogens with zero attached hydrogens (tertiary/aromatic N) is 1. The molecule has 0 N–H and O–H groups in total. The van der Waals surface area contributed by atoms with Crippen molar-refractivity contribution in [2.75, 3.05) is 7.11 Å². The van der Waals surface area contributed by atoms with Gasteiger partial charge in [0.1, 0.15) is 10.7 Å². The van der Waals surface area contributed by atoms with Gasteiger partial charge < -0.3 is 8.92 Å². The topological polar surface area (TPSA) is 90.0 Å². The van der Waals surface area contributed by atoms with Crippen molar-refractivity contribution in [3.63, 3.8) is 0 Å². The van der Waals surface area contributed by atoms with Crippen LogP contribution < -0.4 is 8.92 Å². The molecular formula is C24H18FNO6S2. The summed E-state index contributed by atoms with van der Waals surface area (Å²) in [5, 5.41) is -0.497. The Morgan fingerprint density at radius 2 is 1.68 bits per heavy atom. The van der Waals surface area contributed by atoms with E-state index in [0.717, 1.165) is 4.90 Å². The van der Waals surface area contributed by atoms with Crippen LogP contribution in [0, 0.1) is 5.82 Å². The zero-order valence-electron chi connectivity index (χ0n) is 17.8. The van der Waals surface area contributed by atoms with Crippen molar-refractivity contribution in [3.8, 4) is 11.5 Å². The number of carbonyl (C=O) groups excluding carboxylic acids is 2. The summed E-state index contributed by atoms with van der Waals surface area (Å²) in [6.45, 7) is -0.0217. The number of amides is 2. The Bertz CT molecular complexity index is 1370. The number of ether oxygens (including phenoxy) is 1. The van der Waals surface area contributed by atoms with E-state index in [1.807, 2.05) is 0 Å². The number of imide groups is 1. The standard InChI is InChI=1S/C24H18FNO6S2/c1-31-20-9-5-6-17(22(20)32-34(29,30)19-7-3-2-4-8-19)14-21-23(27)26(24(28)33-21)15-16-10-12-18(25)13-11-16/h2-14H,15H2,1H3/b21-14-. The van der Waals surface area contributed by atoms with Crippen molar-refractivity contribution >= 4 is 39.1 Å². The van der Waals surface area contributed by atoms with Gasteiger partial charge in [0.05, 0.1) is 18.6 Å². The summed E-state index contributed by atoms with van der Waals surface area (Å²) in [4.78, 5) is 26.5. The van der Waals surface area contributed by atoms with Crippen molar-refractivity contribution in [2.24, 2.45) is 0 Å². The molecule has 0 atom stereocenters. The quantitative estimate of drug-likeness (QED) is 0.339. The first kappa shape index (κ1) is 23.5. The third-order valence-corrected chi connectivity index (χ3v) is 7.01. The highest BCUT2D eigenvalue weighted by atomic mass is 32.2. The first-order valence-electron chi connectivity index (χ1n) is 9.95. The summed E-state index contributed by atoms with van der Waals surface area (Å²) in [7, 11) is -2.83. The molecule has 2 amide bonds. The smallest absolute Gasteiger partial charge is 0.339 e. The molecule has 34 heavy (non-hydrogen) atoms. The molecule has 0 bridgehead atoms. The number of hydrogen-bond acceptors (Lipinski definition) is 7. The largest absolute Gasteiger partial charge is 0.493 e. The molecule has 1 fully saturated rings. The molecule has 10 heteroatoms. The summed E-state index contributed by atoms with van der Waals surface area (Å²) >= 11 is 0.714. The van der Waals surface area contributed by atoms with Gasteiger partial charge in [0, 0.05) is 5.56 Å². The van der Waals surface area contributed by atoms with E-state index in [2.05, 4.69) is 0 Å². The molecule has 1 aliphatic rings. The Morgan fingerprint density at radius 1 is 0.971 bits per heavy atom. The van der Waals surface area contributed by atoms with Crippen LogP contribution in [0.15, 0.2) is 82.6 Å². The Labute approximate surface area is 199 Å². The number of hydrogen-bond donors (Lipinski definition) is 0. The predicted molar refractivity (Wildman–Crippen MR) is 125 cm³/mol. The molecule has 3 aromatic carbocycles. The number of halogens is 1. The zero-order chi connectivity index (χ0) is 24.3. The highest BCUT2D eigenvalue weighted by molar-refractivity contribution is 8.18. The number of methoxy groups -OCH3 is 1. The first-order valence-corrected chi connectivity index (χ1v) is 12.2. The van der Waals surface area contributed by atoms with Crippen LogP contribution in [0.25, 0.3) is 6.08 Å². The third-order valence-electron chi connectivity index (χ3n) is 4.87. The molecule has 0 aliphatic carbocycles. The van der Waals surface area contributed by atoms with Crippen molar-refractivity contribution in [2.45, 2.75) is 11.4 Å². The van der Waals surface area contributed by atoms with Crippen LogP contribution in [-0.4, -0.2) is 31.6 Å². The molecular weight excluding hydrogens is 481 g/mol. The number of benzene rings is 3. The Kier molecular flexibility index (Phi) is 6.71. The summed E-state index contributed by atoms with van der Waals surface area (Å²) in [6.07, 6.45) is 1.38. The van der Waals surface area contributed by atoms with Gasteiger partial charge in [-0.1, -0.05) is 42.5 Å². The summed E-state index contributed by atoms with van der Waals surface area (Å²) < 4.78 is 49.4. The van der Waals surface area contributed by atoms with Crippen LogP contribution >= 0.6 is 11.8 Å². The van der Waals surface area contributed by atoms with Crippen molar-refractivity contribution < 1.29 is 31.3 Å². The van der Waals surface area contributed by atoms with Gasteiger partial charge in [-0.05, 0) is 53.7 Å². The lowest BCUT2D eigenvalue weighted by Gasteiger charge is -2.14. The maximum atomic E-state index is 13.2.